The molecule has 0 bridgehead atoms. The second-order valence-electron chi connectivity index (χ2n) is 6.20. The Balaban J connectivity index is 1.75. The van der Waals surface area contributed by atoms with E-state index < -0.39 is 5.97 Å². The van der Waals surface area contributed by atoms with E-state index in [1.165, 1.54) is 12.0 Å². The van der Waals surface area contributed by atoms with Crippen molar-refractivity contribution in [2.75, 3.05) is 18.6 Å². The van der Waals surface area contributed by atoms with E-state index in [2.05, 4.69) is 16.4 Å². The van der Waals surface area contributed by atoms with Crippen molar-refractivity contribution in [2.45, 2.75) is 13.3 Å². The molecule has 0 spiro atoms. The Morgan fingerprint density at radius 3 is 2.69 bits per heavy atom. The number of para-hydroxylation sites is 1. The molecule has 0 N–H and O–H groups in total. The third-order valence-electron chi connectivity index (χ3n) is 4.23. The normalized spacial score (nSPS) is 11.7. The summed E-state index contributed by atoms with van der Waals surface area (Å²) in [5.74, 6) is 0.553. The van der Waals surface area contributed by atoms with Gasteiger partial charge in [0.1, 0.15) is 5.82 Å². The average molecular weight is 388 g/mol. The first-order chi connectivity index (χ1) is 14.1. The zero-order valence-electron chi connectivity index (χ0n) is 16.2. The molecule has 0 atom stereocenters. The fourth-order valence-electron chi connectivity index (χ4n) is 2.75. The van der Waals surface area contributed by atoms with Crippen LogP contribution < -0.4 is 14.4 Å². The highest BCUT2D eigenvalue weighted by Gasteiger charge is 2.22. The van der Waals surface area contributed by atoms with Gasteiger partial charge in [-0.25, -0.2) is 4.98 Å². The summed E-state index contributed by atoms with van der Waals surface area (Å²) in [4.78, 5) is 31.1. The Morgan fingerprint density at radius 2 is 2.00 bits per heavy atom. The number of amides is 1. The molecule has 6 nitrogen and oxygen atoms in total. The number of rotatable bonds is 7. The summed E-state index contributed by atoms with van der Waals surface area (Å²) in [6, 6.07) is 10.6. The fraction of sp³-hybridized carbons (Fsp3) is 0.174. The van der Waals surface area contributed by atoms with Crippen LogP contribution in [0.3, 0.4) is 0 Å². The van der Waals surface area contributed by atoms with Gasteiger partial charge in [0.2, 0.25) is 0 Å². The smallest absolute Gasteiger partial charge is 0.313 e. The first-order valence-electron chi connectivity index (χ1n) is 9.05. The number of nitrogens with zero attached hydrogens (tertiary/aromatic N) is 2. The highest BCUT2D eigenvalue weighted by Crippen LogP contribution is 2.30. The maximum absolute atomic E-state index is 13.0. The van der Waals surface area contributed by atoms with Gasteiger partial charge in [0.05, 0.1) is 13.5 Å². The first kappa shape index (κ1) is 19.9. The minimum atomic E-state index is -0.473. The van der Waals surface area contributed by atoms with Crippen LogP contribution in [0.1, 0.15) is 12.0 Å². The predicted molar refractivity (Wildman–Crippen MR) is 109 cm³/mol. The van der Waals surface area contributed by atoms with Crippen LogP contribution in [-0.2, 0) is 9.59 Å². The predicted octanol–water partition coefficient (Wildman–Crippen LogP) is 3.53. The van der Waals surface area contributed by atoms with Crippen LogP contribution in [0, 0.1) is 6.92 Å². The van der Waals surface area contributed by atoms with Crippen LogP contribution >= 0.6 is 0 Å². The quantitative estimate of drug-likeness (QED) is 0.412. The molecule has 1 aliphatic carbocycles. The number of aromatic nitrogens is 1. The average Bonchev–Trinajstić information content (AvgIpc) is 2.76. The monoisotopic (exact) mass is 388 g/mol. The Bertz CT molecular complexity index is 1040. The van der Waals surface area contributed by atoms with E-state index in [4.69, 9.17) is 9.47 Å². The molecule has 3 rings (SSSR count). The summed E-state index contributed by atoms with van der Waals surface area (Å²) in [6.45, 7) is 1.94. The second-order valence-corrected chi connectivity index (χ2v) is 6.20. The van der Waals surface area contributed by atoms with E-state index >= 15 is 0 Å². The van der Waals surface area contributed by atoms with E-state index in [1.54, 1.807) is 48.7 Å². The Labute approximate surface area is 169 Å². The van der Waals surface area contributed by atoms with Gasteiger partial charge in [-0.2, -0.15) is 0 Å². The van der Waals surface area contributed by atoms with Crippen molar-refractivity contribution in [1.82, 2.24) is 4.98 Å². The molecule has 0 unspecified atom stereocenters. The van der Waals surface area contributed by atoms with Crippen LogP contribution in [0.15, 0.2) is 77.9 Å². The highest BCUT2D eigenvalue weighted by atomic mass is 16.6. The molecular weight excluding hydrogens is 368 g/mol. The van der Waals surface area contributed by atoms with Crippen molar-refractivity contribution < 1.29 is 19.1 Å². The second kappa shape index (κ2) is 9.38. The number of methoxy groups -OCH3 is 1. The van der Waals surface area contributed by atoms with Gasteiger partial charge in [-0.15, -0.1) is 0 Å². The number of esters is 1. The van der Waals surface area contributed by atoms with Crippen LogP contribution in [0.2, 0.25) is 0 Å². The third-order valence-corrected chi connectivity index (χ3v) is 4.23. The summed E-state index contributed by atoms with van der Waals surface area (Å²) < 4.78 is 10.8. The van der Waals surface area contributed by atoms with E-state index in [1.807, 2.05) is 19.1 Å². The summed E-state index contributed by atoms with van der Waals surface area (Å²) in [7, 11) is 1.52. The van der Waals surface area contributed by atoms with E-state index in [0.29, 0.717) is 22.9 Å². The molecule has 6 heteroatoms. The van der Waals surface area contributed by atoms with Gasteiger partial charge in [-0.05, 0) is 42.8 Å². The number of hydrogen-bond acceptors (Lipinski definition) is 5. The molecule has 1 aromatic heterocycles. The van der Waals surface area contributed by atoms with Gasteiger partial charge in [0.25, 0.3) is 5.91 Å². The van der Waals surface area contributed by atoms with Crippen LogP contribution in [0.4, 0.5) is 5.82 Å². The molecule has 0 saturated heterocycles. The molecule has 0 radical (unpaired) electrons. The lowest BCUT2D eigenvalue weighted by molar-refractivity contribution is -0.134. The Hall–Kier alpha value is -3.85. The van der Waals surface area contributed by atoms with Crippen molar-refractivity contribution in [3.8, 4) is 11.5 Å². The molecule has 1 aromatic carbocycles. The molecule has 1 aliphatic rings. The summed E-state index contributed by atoms with van der Waals surface area (Å²) in [6.07, 6.45) is 6.39. The minimum absolute atomic E-state index is 0.0114. The van der Waals surface area contributed by atoms with Gasteiger partial charge < -0.3 is 9.47 Å². The van der Waals surface area contributed by atoms with Crippen LogP contribution in [-0.4, -0.2) is 30.5 Å². The highest BCUT2D eigenvalue weighted by molar-refractivity contribution is 6.07. The van der Waals surface area contributed by atoms with Gasteiger partial charge in [0, 0.05) is 24.4 Å². The third kappa shape index (κ3) is 4.90. The van der Waals surface area contributed by atoms with Crippen molar-refractivity contribution in [3.05, 3.63) is 83.4 Å². The lowest BCUT2D eigenvalue weighted by Gasteiger charge is -2.22. The molecule has 0 aliphatic heterocycles. The maximum atomic E-state index is 13.0. The van der Waals surface area contributed by atoms with Crippen molar-refractivity contribution >= 4 is 17.7 Å². The van der Waals surface area contributed by atoms with E-state index in [9.17, 15) is 9.59 Å². The molecule has 1 heterocycles. The van der Waals surface area contributed by atoms with Crippen LogP contribution in [0.25, 0.3) is 0 Å². The zero-order chi connectivity index (χ0) is 20.6. The van der Waals surface area contributed by atoms with Gasteiger partial charge in [-0.3, -0.25) is 14.5 Å². The lowest BCUT2D eigenvalue weighted by atomic mass is 10.1. The fourth-order valence-corrected chi connectivity index (χ4v) is 2.75. The number of aryl methyl sites for hydroxylation is 1. The molecule has 29 heavy (non-hydrogen) atoms. The number of carbonyl (C=O) groups excluding carboxylic acids is 2. The standard InChI is InChI=1S/C23H20N2O4/c1-17-9-8-12-19(28-2)22(17)29-21(26)14-16-25(20-13-6-7-15-24-20)23(27)18-10-4-3-5-11-18/h4,6-13,15H,14,16H2,1-2H3. The van der Waals surface area contributed by atoms with Gasteiger partial charge in [0.15, 0.2) is 11.5 Å². The SMILES string of the molecule is COc1cccc(C)c1OC(=O)CCN(C(=O)C1=CC=C=C=C1)c1ccccn1. The molecule has 0 saturated carbocycles. The topological polar surface area (TPSA) is 68.7 Å². The molecule has 1 amide bonds. The van der Waals surface area contributed by atoms with E-state index in [0.717, 1.165) is 5.56 Å². The minimum Gasteiger partial charge on any atom is -0.493 e. The largest absolute Gasteiger partial charge is 0.493 e. The maximum Gasteiger partial charge on any atom is 0.313 e. The van der Waals surface area contributed by atoms with Gasteiger partial charge in [-0.1, -0.05) is 29.7 Å². The molecular formula is C23H20N2O4. The zero-order valence-corrected chi connectivity index (χ0v) is 16.2. The van der Waals surface area contributed by atoms with Crippen molar-refractivity contribution in [1.29, 1.82) is 0 Å². The molecule has 146 valence electrons. The van der Waals surface area contributed by atoms with E-state index in [-0.39, 0.29) is 18.9 Å². The first-order valence-corrected chi connectivity index (χ1v) is 9.05. The number of hydrogen-bond donors (Lipinski definition) is 0. The number of carbonyl (C=O) groups is 2. The van der Waals surface area contributed by atoms with Crippen LogP contribution in [0.5, 0.6) is 11.5 Å². The summed E-state index contributed by atoms with van der Waals surface area (Å²) >= 11 is 0. The number of anilines is 1. The Kier molecular flexibility index (Phi) is 6.43. The summed E-state index contributed by atoms with van der Waals surface area (Å²) in [5.41, 5.74) is 6.75. The number of allylic oxidation sites excluding steroid dienone is 2. The van der Waals surface area contributed by atoms with Crippen molar-refractivity contribution in [3.63, 3.8) is 0 Å². The summed E-state index contributed by atoms with van der Waals surface area (Å²) in [5, 5.41) is 0. The number of pyridine rings is 1. The Morgan fingerprint density at radius 1 is 1.14 bits per heavy atom. The molecule has 2 aromatic rings. The number of ether oxygens (including phenoxy) is 2. The van der Waals surface area contributed by atoms with Gasteiger partial charge >= 0.3 is 5.97 Å². The molecule has 0 fully saturated rings. The lowest BCUT2D eigenvalue weighted by Crippen LogP contribution is -2.35. The van der Waals surface area contributed by atoms with Crippen molar-refractivity contribution in [2.24, 2.45) is 0 Å². The number of benzene rings is 1.